The molecule has 0 bridgehead atoms. The van der Waals surface area contributed by atoms with Gasteiger partial charge in [0.2, 0.25) is 5.91 Å². The number of benzene rings is 1. The highest BCUT2D eigenvalue weighted by Crippen LogP contribution is 2.22. The van der Waals surface area contributed by atoms with E-state index in [-0.39, 0.29) is 42.1 Å². The minimum Gasteiger partial charge on any atom is -0.383 e. The number of aromatic nitrogens is 2. The SMILES string of the molecule is CCCn1c(N)c(N(CCOC)C(=O)CSc2ccc(F)cc2)c(=O)[nH]c1=O. The summed E-state index contributed by atoms with van der Waals surface area (Å²) in [5, 5.41) is 0. The molecular formula is C18H23FN4O4S. The molecule has 0 atom stereocenters. The van der Waals surface area contributed by atoms with Crippen molar-refractivity contribution in [3.05, 3.63) is 50.9 Å². The minimum absolute atomic E-state index is 0.00112. The number of amides is 1. The number of ether oxygens (including phenoxy) is 1. The van der Waals surface area contributed by atoms with E-state index in [0.29, 0.717) is 17.9 Å². The van der Waals surface area contributed by atoms with Crippen molar-refractivity contribution in [3.8, 4) is 0 Å². The molecule has 0 aliphatic rings. The Morgan fingerprint density at radius 3 is 2.61 bits per heavy atom. The molecule has 0 saturated carbocycles. The van der Waals surface area contributed by atoms with Crippen LogP contribution in [0.15, 0.2) is 38.8 Å². The van der Waals surface area contributed by atoms with E-state index < -0.39 is 11.2 Å². The number of aromatic amines is 1. The van der Waals surface area contributed by atoms with Crippen molar-refractivity contribution in [1.29, 1.82) is 0 Å². The highest BCUT2D eigenvalue weighted by Gasteiger charge is 2.24. The highest BCUT2D eigenvalue weighted by molar-refractivity contribution is 8.00. The van der Waals surface area contributed by atoms with E-state index in [2.05, 4.69) is 4.98 Å². The number of anilines is 2. The Labute approximate surface area is 165 Å². The number of methoxy groups -OCH3 is 1. The molecule has 0 unspecified atom stereocenters. The van der Waals surface area contributed by atoms with E-state index in [1.807, 2.05) is 6.92 Å². The van der Waals surface area contributed by atoms with Gasteiger partial charge in [-0.25, -0.2) is 9.18 Å². The molecular weight excluding hydrogens is 387 g/mol. The van der Waals surface area contributed by atoms with Crippen LogP contribution in [-0.4, -0.2) is 41.5 Å². The molecule has 0 saturated heterocycles. The van der Waals surface area contributed by atoms with Gasteiger partial charge in [-0.05, 0) is 30.7 Å². The number of thioether (sulfide) groups is 1. The second-order valence-corrected chi connectivity index (χ2v) is 6.97. The molecule has 3 N–H and O–H groups in total. The lowest BCUT2D eigenvalue weighted by molar-refractivity contribution is -0.116. The van der Waals surface area contributed by atoms with Crippen LogP contribution in [0.5, 0.6) is 0 Å². The van der Waals surface area contributed by atoms with E-state index in [0.717, 1.165) is 0 Å². The summed E-state index contributed by atoms with van der Waals surface area (Å²) in [6.45, 7) is 2.45. The Morgan fingerprint density at radius 1 is 1.32 bits per heavy atom. The number of carbonyl (C=O) groups excluding carboxylic acids is 1. The van der Waals surface area contributed by atoms with Crippen molar-refractivity contribution in [2.24, 2.45) is 0 Å². The topological polar surface area (TPSA) is 110 Å². The van der Waals surface area contributed by atoms with Crippen LogP contribution >= 0.6 is 11.8 Å². The second kappa shape index (κ2) is 10.1. The molecule has 0 radical (unpaired) electrons. The number of nitrogen functional groups attached to an aromatic ring is 1. The van der Waals surface area contributed by atoms with Crippen LogP contribution in [-0.2, 0) is 16.1 Å². The van der Waals surface area contributed by atoms with Crippen LogP contribution in [0.1, 0.15) is 13.3 Å². The highest BCUT2D eigenvalue weighted by atomic mass is 32.2. The summed E-state index contributed by atoms with van der Waals surface area (Å²) in [6, 6.07) is 5.74. The Balaban J connectivity index is 2.33. The smallest absolute Gasteiger partial charge is 0.330 e. The lowest BCUT2D eigenvalue weighted by Crippen LogP contribution is -2.43. The standard InChI is InChI=1S/C18H23FN4O4S/c1-3-8-23-16(20)15(17(25)21-18(23)26)22(9-10-27-2)14(24)11-28-13-6-4-12(19)5-7-13/h4-7H,3,8-11,20H2,1-2H3,(H,21,25,26). The molecule has 28 heavy (non-hydrogen) atoms. The van der Waals surface area contributed by atoms with Crippen LogP contribution in [0, 0.1) is 5.82 Å². The fourth-order valence-corrected chi connectivity index (χ4v) is 3.36. The van der Waals surface area contributed by atoms with Crippen molar-refractivity contribution in [1.82, 2.24) is 9.55 Å². The zero-order valence-corrected chi connectivity index (χ0v) is 16.6. The summed E-state index contributed by atoms with van der Waals surface area (Å²) in [5.41, 5.74) is 4.64. The molecule has 2 aromatic rings. The first-order valence-electron chi connectivity index (χ1n) is 8.69. The van der Waals surface area contributed by atoms with E-state index in [4.69, 9.17) is 10.5 Å². The molecule has 8 nitrogen and oxygen atoms in total. The van der Waals surface area contributed by atoms with Gasteiger partial charge in [-0.1, -0.05) is 6.92 Å². The van der Waals surface area contributed by atoms with Gasteiger partial charge in [-0.3, -0.25) is 19.1 Å². The molecule has 152 valence electrons. The molecule has 2 rings (SSSR count). The number of H-pyrrole nitrogens is 1. The van der Waals surface area contributed by atoms with Crippen LogP contribution in [0.25, 0.3) is 0 Å². The average molecular weight is 410 g/mol. The van der Waals surface area contributed by atoms with E-state index >= 15 is 0 Å². The van der Waals surface area contributed by atoms with Gasteiger partial charge in [0.05, 0.1) is 12.4 Å². The minimum atomic E-state index is -0.730. The first-order valence-corrected chi connectivity index (χ1v) is 9.67. The number of nitrogens with two attached hydrogens (primary N) is 1. The van der Waals surface area contributed by atoms with Crippen molar-refractivity contribution < 1.29 is 13.9 Å². The lowest BCUT2D eigenvalue weighted by Gasteiger charge is -2.24. The number of halogens is 1. The number of nitrogens with one attached hydrogen (secondary N) is 1. The van der Waals surface area contributed by atoms with Crippen LogP contribution in [0.3, 0.4) is 0 Å². The third kappa shape index (κ3) is 5.23. The zero-order chi connectivity index (χ0) is 20.7. The Kier molecular flexibility index (Phi) is 7.82. The number of carbonyl (C=O) groups is 1. The number of hydrogen-bond donors (Lipinski definition) is 2. The molecule has 10 heteroatoms. The summed E-state index contributed by atoms with van der Waals surface area (Å²) in [5.74, 6) is -0.812. The third-order valence-electron chi connectivity index (χ3n) is 3.93. The van der Waals surface area contributed by atoms with Crippen molar-refractivity contribution in [2.75, 3.05) is 36.6 Å². The molecule has 0 aliphatic carbocycles. The quantitative estimate of drug-likeness (QED) is 0.605. The predicted octanol–water partition coefficient (Wildman–Crippen LogP) is 1.44. The normalized spacial score (nSPS) is 10.8. The van der Waals surface area contributed by atoms with Gasteiger partial charge in [0.1, 0.15) is 11.6 Å². The number of nitrogens with zero attached hydrogens (tertiary/aromatic N) is 2. The van der Waals surface area contributed by atoms with Crippen LogP contribution in [0.2, 0.25) is 0 Å². The van der Waals surface area contributed by atoms with E-state index in [1.165, 1.54) is 40.5 Å². The molecule has 1 aromatic carbocycles. The average Bonchev–Trinajstić information content (AvgIpc) is 2.66. The maximum absolute atomic E-state index is 13.0. The van der Waals surface area contributed by atoms with Gasteiger partial charge in [0, 0.05) is 25.1 Å². The van der Waals surface area contributed by atoms with E-state index in [1.54, 1.807) is 12.1 Å². The lowest BCUT2D eigenvalue weighted by atomic mass is 10.3. The molecule has 1 aromatic heterocycles. The van der Waals surface area contributed by atoms with Gasteiger partial charge in [0.15, 0.2) is 5.69 Å². The first kappa shape index (κ1) is 21.7. The number of rotatable bonds is 9. The Bertz CT molecular complexity index is 927. The largest absolute Gasteiger partial charge is 0.383 e. The molecule has 1 heterocycles. The van der Waals surface area contributed by atoms with Crippen LogP contribution in [0.4, 0.5) is 15.9 Å². The van der Waals surface area contributed by atoms with E-state index in [9.17, 15) is 18.8 Å². The number of hydrogen-bond acceptors (Lipinski definition) is 6. The van der Waals surface area contributed by atoms with Crippen molar-refractivity contribution in [3.63, 3.8) is 0 Å². The second-order valence-electron chi connectivity index (χ2n) is 5.93. The molecule has 0 aliphatic heterocycles. The first-order chi connectivity index (χ1) is 13.4. The summed E-state index contributed by atoms with van der Waals surface area (Å²) < 4.78 is 19.3. The summed E-state index contributed by atoms with van der Waals surface area (Å²) in [4.78, 5) is 41.4. The fraction of sp³-hybridized carbons (Fsp3) is 0.389. The fourth-order valence-electron chi connectivity index (χ4n) is 2.58. The zero-order valence-electron chi connectivity index (χ0n) is 15.7. The third-order valence-corrected chi connectivity index (χ3v) is 4.92. The summed E-state index contributed by atoms with van der Waals surface area (Å²) >= 11 is 1.20. The maximum Gasteiger partial charge on any atom is 0.330 e. The molecule has 1 amide bonds. The Morgan fingerprint density at radius 2 is 2.00 bits per heavy atom. The van der Waals surface area contributed by atoms with Gasteiger partial charge in [0.25, 0.3) is 5.56 Å². The predicted molar refractivity (Wildman–Crippen MR) is 107 cm³/mol. The Hall–Kier alpha value is -2.59. The molecule has 0 spiro atoms. The van der Waals surface area contributed by atoms with Crippen molar-refractivity contribution >= 4 is 29.2 Å². The molecule has 0 fully saturated rings. The summed E-state index contributed by atoms with van der Waals surface area (Å²) in [7, 11) is 1.47. The van der Waals surface area contributed by atoms with Gasteiger partial charge in [-0.2, -0.15) is 0 Å². The van der Waals surface area contributed by atoms with Gasteiger partial charge >= 0.3 is 5.69 Å². The van der Waals surface area contributed by atoms with Crippen molar-refractivity contribution in [2.45, 2.75) is 24.8 Å². The van der Waals surface area contributed by atoms with Gasteiger partial charge in [-0.15, -0.1) is 11.8 Å². The van der Waals surface area contributed by atoms with Gasteiger partial charge < -0.3 is 15.4 Å². The maximum atomic E-state index is 13.0. The monoisotopic (exact) mass is 410 g/mol. The van der Waals surface area contributed by atoms with Crippen LogP contribution < -0.4 is 21.9 Å². The summed E-state index contributed by atoms with van der Waals surface area (Å²) in [6.07, 6.45) is 0.627.